The first-order valence-corrected chi connectivity index (χ1v) is 6.80. The molecule has 0 bridgehead atoms. The summed E-state index contributed by atoms with van der Waals surface area (Å²) in [6, 6.07) is 0. The van der Waals surface area contributed by atoms with Crippen molar-refractivity contribution in [3.05, 3.63) is 0 Å². The van der Waals surface area contributed by atoms with Gasteiger partial charge in [0.05, 0.1) is 19.3 Å². The van der Waals surface area contributed by atoms with Gasteiger partial charge in [-0.15, -0.1) is 0 Å². The lowest BCUT2D eigenvalue weighted by atomic mass is 10.2. The third-order valence-electron chi connectivity index (χ3n) is 2.60. The summed E-state index contributed by atoms with van der Waals surface area (Å²) in [5, 5.41) is 9.81. The number of hydrogen-bond acceptors (Lipinski definition) is 4. The molecule has 4 heteroatoms. The number of ether oxygens (including phenoxy) is 2. The highest BCUT2D eigenvalue weighted by molar-refractivity contribution is 4.64. The van der Waals surface area contributed by atoms with Crippen molar-refractivity contribution in [3.63, 3.8) is 0 Å². The minimum absolute atomic E-state index is 0.233. The van der Waals surface area contributed by atoms with Crippen molar-refractivity contribution >= 4 is 0 Å². The smallest absolute Gasteiger partial charge is 0.0667 e. The Kier molecular flexibility index (Phi) is 12.2. The Morgan fingerprint density at radius 2 is 1.53 bits per heavy atom. The van der Waals surface area contributed by atoms with Crippen LogP contribution < -0.4 is 0 Å². The molecule has 0 aliphatic carbocycles. The lowest BCUT2D eigenvalue weighted by Gasteiger charge is -2.24. The van der Waals surface area contributed by atoms with Crippen molar-refractivity contribution in [2.75, 3.05) is 46.1 Å². The van der Waals surface area contributed by atoms with Gasteiger partial charge in [-0.1, -0.05) is 13.3 Å². The molecule has 0 aromatic carbocycles. The first-order valence-electron chi connectivity index (χ1n) is 6.80. The monoisotopic (exact) mass is 247 g/mol. The summed E-state index contributed by atoms with van der Waals surface area (Å²) in [7, 11) is 0. The molecule has 0 heterocycles. The Hall–Kier alpha value is -0.160. The second-order valence-electron chi connectivity index (χ2n) is 4.14. The molecule has 104 valence electrons. The minimum atomic E-state index is -0.233. The molecule has 0 aromatic heterocycles. The summed E-state index contributed by atoms with van der Waals surface area (Å²) in [4.78, 5) is 2.21. The van der Waals surface area contributed by atoms with Crippen LogP contribution in [0.15, 0.2) is 0 Å². The van der Waals surface area contributed by atoms with Gasteiger partial charge in [-0.2, -0.15) is 0 Å². The molecular formula is C13H29NO3. The average molecular weight is 247 g/mol. The molecule has 1 N–H and O–H groups in total. The Morgan fingerprint density at radius 1 is 1.00 bits per heavy atom. The van der Waals surface area contributed by atoms with Gasteiger partial charge in [0.2, 0.25) is 0 Å². The molecular weight excluding hydrogens is 218 g/mol. The molecule has 0 amide bonds. The fourth-order valence-corrected chi connectivity index (χ4v) is 1.69. The highest BCUT2D eigenvalue weighted by Gasteiger charge is 2.10. The van der Waals surface area contributed by atoms with Crippen LogP contribution in [0.25, 0.3) is 0 Å². The number of hydrogen-bond donors (Lipinski definition) is 1. The van der Waals surface area contributed by atoms with Gasteiger partial charge in [0.25, 0.3) is 0 Å². The number of nitrogens with zero attached hydrogens (tertiary/aromatic N) is 1. The van der Waals surface area contributed by atoms with Gasteiger partial charge in [-0.3, -0.25) is 4.90 Å². The van der Waals surface area contributed by atoms with Crippen molar-refractivity contribution < 1.29 is 14.6 Å². The van der Waals surface area contributed by atoms with Crippen LogP contribution in [0.4, 0.5) is 0 Å². The van der Waals surface area contributed by atoms with Gasteiger partial charge >= 0.3 is 0 Å². The van der Waals surface area contributed by atoms with Crippen LogP contribution in [0, 0.1) is 0 Å². The van der Waals surface area contributed by atoms with Crippen LogP contribution in [-0.4, -0.2) is 62.2 Å². The topological polar surface area (TPSA) is 41.9 Å². The molecule has 17 heavy (non-hydrogen) atoms. The van der Waals surface area contributed by atoms with E-state index in [0.29, 0.717) is 6.54 Å². The normalized spacial score (nSPS) is 13.2. The standard InChI is InChI=1S/C13H29NO3/c1-4-7-13(15)12-14(8-10-16-5-2)9-11-17-6-3/h13,15H,4-12H2,1-3H3. The van der Waals surface area contributed by atoms with E-state index < -0.39 is 0 Å². The Balaban J connectivity index is 3.82. The molecule has 0 aliphatic heterocycles. The molecule has 0 aliphatic rings. The van der Waals surface area contributed by atoms with Crippen LogP contribution >= 0.6 is 0 Å². The zero-order chi connectivity index (χ0) is 12.9. The molecule has 0 saturated carbocycles. The highest BCUT2D eigenvalue weighted by Crippen LogP contribution is 2.00. The molecule has 0 spiro atoms. The van der Waals surface area contributed by atoms with E-state index in [0.717, 1.165) is 52.4 Å². The molecule has 1 atom stereocenters. The van der Waals surface area contributed by atoms with Crippen LogP contribution in [0.5, 0.6) is 0 Å². The van der Waals surface area contributed by atoms with Gasteiger partial charge in [0, 0.05) is 32.8 Å². The first-order chi connectivity index (χ1) is 8.24. The Labute approximate surface area is 106 Å². The van der Waals surface area contributed by atoms with Gasteiger partial charge in [0.15, 0.2) is 0 Å². The third-order valence-corrected chi connectivity index (χ3v) is 2.60. The molecule has 1 unspecified atom stereocenters. The van der Waals surface area contributed by atoms with Crippen LogP contribution in [0.1, 0.15) is 33.6 Å². The van der Waals surface area contributed by atoms with E-state index >= 15 is 0 Å². The zero-order valence-corrected chi connectivity index (χ0v) is 11.7. The van der Waals surface area contributed by atoms with E-state index in [1.807, 2.05) is 13.8 Å². The Bertz CT molecular complexity index is 146. The second-order valence-corrected chi connectivity index (χ2v) is 4.14. The summed E-state index contributed by atoms with van der Waals surface area (Å²) in [5.41, 5.74) is 0. The molecule has 4 nitrogen and oxygen atoms in total. The Morgan fingerprint density at radius 3 is 1.94 bits per heavy atom. The summed E-state index contributed by atoms with van der Waals surface area (Å²) in [6.45, 7) is 11.5. The van der Waals surface area contributed by atoms with Crippen molar-refractivity contribution in [2.24, 2.45) is 0 Å². The summed E-state index contributed by atoms with van der Waals surface area (Å²) < 4.78 is 10.7. The SMILES string of the molecule is CCCC(O)CN(CCOCC)CCOCC. The van der Waals surface area contributed by atoms with Crippen LogP contribution in [0.3, 0.4) is 0 Å². The summed E-state index contributed by atoms with van der Waals surface area (Å²) in [5.74, 6) is 0. The third kappa shape index (κ3) is 10.7. The molecule has 0 rings (SSSR count). The highest BCUT2D eigenvalue weighted by atomic mass is 16.5. The van der Waals surface area contributed by atoms with Gasteiger partial charge in [-0.05, 0) is 20.3 Å². The van der Waals surface area contributed by atoms with Crippen molar-refractivity contribution in [1.82, 2.24) is 4.90 Å². The van der Waals surface area contributed by atoms with E-state index in [9.17, 15) is 5.11 Å². The average Bonchev–Trinajstić information content (AvgIpc) is 2.29. The van der Waals surface area contributed by atoms with E-state index in [1.54, 1.807) is 0 Å². The lowest BCUT2D eigenvalue weighted by molar-refractivity contribution is 0.0510. The molecule has 0 radical (unpaired) electrons. The fourth-order valence-electron chi connectivity index (χ4n) is 1.69. The number of aliphatic hydroxyl groups excluding tert-OH is 1. The van der Waals surface area contributed by atoms with Gasteiger partial charge in [0.1, 0.15) is 0 Å². The summed E-state index contributed by atoms with van der Waals surface area (Å²) >= 11 is 0. The van der Waals surface area contributed by atoms with Crippen LogP contribution in [0.2, 0.25) is 0 Å². The van der Waals surface area contributed by atoms with Gasteiger partial charge in [-0.25, -0.2) is 0 Å². The van der Waals surface area contributed by atoms with Gasteiger partial charge < -0.3 is 14.6 Å². The van der Waals surface area contributed by atoms with E-state index in [4.69, 9.17) is 9.47 Å². The summed E-state index contributed by atoms with van der Waals surface area (Å²) in [6.07, 6.45) is 1.65. The van der Waals surface area contributed by atoms with E-state index in [-0.39, 0.29) is 6.10 Å². The number of aliphatic hydroxyl groups is 1. The maximum Gasteiger partial charge on any atom is 0.0667 e. The second kappa shape index (κ2) is 12.3. The van der Waals surface area contributed by atoms with Crippen molar-refractivity contribution in [2.45, 2.75) is 39.7 Å². The van der Waals surface area contributed by atoms with Crippen molar-refractivity contribution in [1.29, 1.82) is 0 Å². The fraction of sp³-hybridized carbons (Fsp3) is 1.00. The van der Waals surface area contributed by atoms with E-state index in [1.165, 1.54) is 0 Å². The number of rotatable bonds is 12. The van der Waals surface area contributed by atoms with Crippen molar-refractivity contribution in [3.8, 4) is 0 Å². The largest absolute Gasteiger partial charge is 0.392 e. The lowest BCUT2D eigenvalue weighted by Crippen LogP contribution is -2.37. The molecule has 0 saturated heterocycles. The maximum absolute atomic E-state index is 9.81. The predicted octanol–water partition coefficient (Wildman–Crippen LogP) is 1.52. The molecule has 0 fully saturated rings. The predicted molar refractivity (Wildman–Crippen MR) is 70.3 cm³/mol. The van der Waals surface area contributed by atoms with E-state index in [2.05, 4.69) is 11.8 Å². The maximum atomic E-state index is 9.81. The quantitative estimate of drug-likeness (QED) is 0.531. The first kappa shape index (κ1) is 16.8. The van der Waals surface area contributed by atoms with Crippen LogP contribution in [-0.2, 0) is 9.47 Å². The minimum Gasteiger partial charge on any atom is -0.392 e. The zero-order valence-electron chi connectivity index (χ0n) is 11.7. The molecule has 0 aromatic rings.